The molecular weight excluding hydrogens is 398 g/mol. The van der Waals surface area contributed by atoms with Crippen LogP contribution in [0.2, 0.25) is 0 Å². The van der Waals surface area contributed by atoms with Crippen molar-refractivity contribution in [2.75, 3.05) is 32.2 Å². The van der Waals surface area contributed by atoms with Crippen LogP contribution in [0.5, 0.6) is 11.5 Å². The van der Waals surface area contributed by atoms with E-state index < -0.39 is 0 Å². The SMILES string of the molecule is CCc1noc2ncnc(N3CCC[C@H](C(=O)NCc4cc(OC)ccc4OC)C3)c12. The maximum Gasteiger partial charge on any atom is 0.263 e. The van der Waals surface area contributed by atoms with E-state index >= 15 is 0 Å². The second-order valence-electron chi connectivity index (χ2n) is 7.54. The summed E-state index contributed by atoms with van der Waals surface area (Å²) in [5, 5.41) is 8.01. The van der Waals surface area contributed by atoms with Gasteiger partial charge in [-0.3, -0.25) is 4.79 Å². The summed E-state index contributed by atoms with van der Waals surface area (Å²) in [5.41, 5.74) is 2.19. The number of hydrogen-bond acceptors (Lipinski definition) is 8. The molecule has 0 bridgehead atoms. The van der Waals surface area contributed by atoms with Crippen molar-refractivity contribution < 1.29 is 18.8 Å². The summed E-state index contributed by atoms with van der Waals surface area (Å²) in [7, 11) is 3.23. The summed E-state index contributed by atoms with van der Waals surface area (Å²) in [6.07, 6.45) is 3.95. The molecule has 3 aromatic rings. The number of nitrogens with zero attached hydrogens (tertiary/aromatic N) is 4. The van der Waals surface area contributed by atoms with Gasteiger partial charge < -0.3 is 24.2 Å². The fourth-order valence-corrected chi connectivity index (χ4v) is 4.04. The highest BCUT2D eigenvalue weighted by atomic mass is 16.5. The van der Waals surface area contributed by atoms with Gasteiger partial charge in [-0.05, 0) is 37.5 Å². The molecular formula is C22H27N5O4. The molecule has 2 aromatic heterocycles. The van der Waals surface area contributed by atoms with Crippen molar-refractivity contribution in [3.05, 3.63) is 35.8 Å². The molecule has 0 saturated carbocycles. The number of methoxy groups -OCH3 is 2. The molecule has 1 atom stereocenters. The van der Waals surface area contributed by atoms with Crippen LogP contribution in [0.15, 0.2) is 29.0 Å². The Morgan fingerprint density at radius 3 is 2.94 bits per heavy atom. The molecule has 0 aliphatic carbocycles. The standard InChI is InChI=1S/C22H27N5O4/c1-4-17-19-20(24-13-25-22(19)31-26-17)27-9-5-6-14(12-27)21(28)23-11-15-10-16(29-2)7-8-18(15)30-3/h7-8,10,13-14H,4-6,9,11-12H2,1-3H3,(H,23,28)/t14-/m0/s1. The Kier molecular flexibility index (Phi) is 6.20. The van der Waals surface area contributed by atoms with Crippen molar-refractivity contribution >= 4 is 22.8 Å². The molecule has 4 rings (SSSR count). The zero-order chi connectivity index (χ0) is 21.8. The van der Waals surface area contributed by atoms with E-state index in [1.54, 1.807) is 14.2 Å². The molecule has 3 heterocycles. The van der Waals surface area contributed by atoms with Gasteiger partial charge in [0.25, 0.3) is 5.71 Å². The van der Waals surface area contributed by atoms with Gasteiger partial charge in [0.05, 0.1) is 25.8 Å². The molecule has 1 aliphatic heterocycles. The minimum absolute atomic E-state index is 0.0147. The lowest BCUT2D eigenvalue weighted by molar-refractivity contribution is -0.125. The first-order valence-electron chi connectivity index (χ1n) is 10.5. The largest absolute Gasteiger partial charge is 0.497 e. The number of rotatable bonds is 7. The van der Waals surface area contributed by atoms with Gasteiger partial charge >= 0.3 is 0 Å². The molecule has 164 valence electrons. The number of piperidine rings is 1. The number of carbonyl (C=O) groups is 1. The number of amides is 1. The first kappa shape index (κ1) is 20.9. The number of carbonyl (C=O) groups excluding carboxylic acids is 1. The Hall–Kier alpha value is -3.36. The summed E-state index contributed by atoms with van der Waals surface area (Å²) < 4.78 is 16.0. The number of nitrogens with one attached hydrogen (secondary N) is 1. The second kappa shape index (κ2) is 9.20. The van der Waals surface area contributed by atoms with Gasteiger partial charge in [-0.2, -0.15) is 4.98 Å². The van der Waals surface area contributed by atoms with E-state index in [0.717, 1.165) is 54.0 Å². The number of aromatic nitrogens is 3. The topological polar surface area (TPSA) is 103 Å². The van der Waals surface area contributed by atoms with Crippen molar-refractivity contribution in [1.29, 1.82) is 0 Å². The Bertz CT molecular complexity index is 1070. The molecule has 1 amide bonds. The highest BCUT2D eigenvalue weighted by Gasteiger charge is 2.29. The van der Waals surface area contributed by atoms with Crippen LogP contribution in [0.3, 0.4) is 0 Å². The zero-order valence-electron chi connectivity index (χ0n) is 18.1. The van der Waals surface area contributed by atoms with E-state index in [0.29, 0.717) is 24.6 Å². The third-order valence-electron chi connectivity index (χ3n) is 5.69. The van der Waals surface area contributed by atoms with Crippen LogP contribution < -0.4 is 19.7 Å². The molecule has 9 nitrogen and oxygen atoms in total. The highest BCUT2D eigenvalue weighted by Crippen LogP contribution is 2.30. The van der Waals surface area contributed by atoms with E-state index in [1.165, 1.54) is 6.33 Å². The number of benzene rings is 1. The maximum absolute atomic E-state index is 13.0. The fourth-order valence-electron chi connectivity index (χ4n) is 4.04. The lowest BCUT2D eigenvalue weighted by Gasteiger charge is -2.33. The van der Waals surface area contributed by atoms with Gasteiger partial charge in [0, 0.05) is 25.2 Å². The molecule has 0 spiro atoms. The second-order valence-corrected chi connectivity index (χ2v) is 7.54. The van der Waals surface area contributed by atoms with Crippen LogP contribution in [-0.4, -0.2) is 48.3 Å². The average Bonchev–Trinajstić information content (AvgIpc) is 3.25. The molecule has 0 radical (unpaired) electrons. The van der Waals surface area contributed by atoms with Crippen LogP contribution in [-0.2, 0) is 17.8 Å². The van der Waals surface area contributed by atoms with Gasteiger partial charge in [-0.25, -0.2) is 4.98 Å². The first-order valence-corrected chi connectivity index (χ1v) is 10.5. The predicted molar refractivity (Wildman–Crippen MR) is 115 cm³/mol. The van der Waals surface area contributed by atoms with Crippen molar-refractivity contribution in [1.82, 2.24) is 20.4 Å². The van der Waals surface area contributed by atoms with E-state index in [2.05, 4.69) is 25.3 Å². The third-order valence-corrected chi connectivity index (χ3v) is 5.69. The number of fused-ring (bicyclic) bond motifs is 1. The molecule has 1 aliphatic rings. The van der Waals surface area contributed by atoms with E-state index in [-0.39, 0.29) is 11.8 Å². The van der Waals surface area contributed by atoms with E-state index in [4.69, 9.17) is 14.0 Å². The smallest absolute Gasteiger partial charge is 0.263 e. The van der Waals surface area contributed by atoms with Crippen LogP contribution in [0.25, 0.3) is 11.1 Å². The average molecular weight is 425 g/mol. The highest BCUT2D eigenvalue weighted by molar-refractivity contribution is 5.88. The maximum atomic E-state index is 13.0. The van der Waals surface area contributed by atoms with Crippen molar-refractivity contribution in [2.45, 2.75) is 32.7 Å². The number of ether oxygens (including phenoxy) is 2. The molecule has 1 fully saturated rings. The summed E-state index contributed by atoms with van der Waals surface area (Å²) in [6.45, 7) is 3.81. The molecule has 1 aromatic carbocycles. The monoisotopic (exact) mass is 425 g/mol. The Morgan fingerprint density at radius 1 is 1.29 bits per heavy atom. The quantitative estimate of drug-likeness (QED) is 0.616. The summed E-state index contributed by atoms with van der Waals surface area (Å²) >= 11 is 0. The van der Waals surface area contributed by atoms with Crippen molar-refractivity contribution in [3.8, 4) is 11.5 Å². The molecule has 0 unspecified atom stereocenters. The normalized spacial score (nSPS) is 16.4. The molecule has 31 heavy (non-hydrogen) atoms. The Balaban J connectivity index is 1.47. The number of anilines is 1. The summed E-state index contributed by atoms with van der Waals surface area (Å²) in [5.74, 6) is 2.10. The van der Waals surface area contributed by atoms with E-state index in [9.17, 15) is 4.79 Å². The third kappa shape index (κ3) is 4.26. The van der Waals surface area contributed by atoms with E-state index in [1.807, 2.05) is 25.1 Å². The number of hydrogen-bond donors (Lipinski definition) is 1. The van der Waals surface area contributed by atoms with Gasteiger partial charge in [0.15, 0.2) is 0 Å². The molecule has 9 heteroatoms. The lowest BCUT2D eigenvalue weighted by atomic mass is 9.96. The van der Waals surface area contributed by atoms with Crippen LogP contribution >= 0.6 is 0 Å². The van der Waals surface area contributed by atoms with Gasteiger partial charge in [-0.1, -0.05) is 12.1 Å². The van der Waals surface area contributed by atoms with Crippen LogP contribution in [0, 0.1) is 5.92 Å². The Labute approximate surface area is 180 Å². The lowest BCUT2D eigenvalue weighted by Crippen LogP contribution is -2.43. The van der Waals surface area contributed by atoms with Gasteiger partial charge in [0.2, 0.25) is 5.91 Å². The predicted octanol–water partition coefficient (Wildman–Crippen LogP) is 2.73. The minimum Gasteiger partial charge on any atom is -0.497 e. The van der Waals surface area contributed by atoms with Crippen LogP contribution in [0.1, 0.15) is 31.0 Å². The van der Waals surface area contributed by atoms with Crippen molar-refractivity contribution in [2.24, 2.45) is 5.92 Å². The zero-order valence-corrected chi connectivity index (χ0v) is 18.1. The number of aryl methyl sites for hydroxylation is 1. The van der Waals surface area contributed by atoms with Crippen molar-refractivity contribution in [3.63, 3.8) is 0 Å². The Morgan fingerprint density at radius 2 is 2.16 bits per heavy atom. The summed E-state index contributed by atoms with van der Waals surface area (Å²) in [6, 6.07) is 5.55. The van der Waals surface area contributed by atoms with Gasteiger partial charge in [0.1, 0.15) is 29.0 Å². The first-order chi connectivity index (χ1) is 15.1. The van der Waals surface area contributed by atoms with Crippen LogP contribution in [0.4, 0.5) is 5.82 Å². The fraction of sp³-hybridized carbons (Fsp3) is 0.455. The summed E-state index contributed by atoms with van der Waals surface area (Å²) in [4.78, 5) is 23.8. The van der Waals surface area contributed by atoms with Gasteiger partial charge in [-0.15, -0.1) is 0 Å². The molecule has 1 N–H and O–H groups in total. The minimum atomic E-state index is -0.139. The molecule has 1 saturated heterocycles.